The highest BCUT2D eigenvalue weighted by Gasteiger charge is 2.47. The average Bonchev–Trinajstić information content (AvgIpc) is 3.09. The molecule has 1 amide bonds. The lowest BCUT2D eigenvalue weighted by Gasteiger charge is -2.38. The first-order valence-corrected chi connectivity index (χ1v) is 8.17. The Hall–Kier alpha value is -1.78. The van der Waals surface area contributed by atoms with Crippen molar-refractivity contribution >= 4 is 11.9 Å². The maximum absolute atomic E-state index is 12.6. The Balaban J connectivity index is 1.72. The minimum Gasteiger partial charge on any atom is -0.481 e. The van der Waals surface area contributed by atoms with E-state index in [-0.39, 0.29) is 18.4 Å². The largest absolute Gasteiger partial charge is 0.481 e. The molecule has 5 nitrogen and oxygen atoms in total. The molecule has 1 atom stereocenters. The molecule has 0 aromatic carbocycles. The molecule has 0 bridgehead atoms. The van der Waals surface area contributed by atoms with Gasteiger partial charge in [0.15, 0.2) is 0 Å². The molecule has 1 N–H and O–H groups in total. The van der Waals surface area contributed by atoms with Crippen molar-refractivity contribution in [3.8, 4) is 0 Å². The maximum Gasteiger partial charge on any atom is 0.310 e. The summed E-state index contributed by atoms with van der Waals surface area (Å²) in [5, 5.41) is 9.40. The number of hydrogen-bond donors (Lipinski definition) is 1. The van der Waals surface area contributed by atoms with Crippen LogP contribution in [0.15, 0.2) is 16.5 Å². The Bertz CT molecular complexity index is 573. The molecular formula is C17H23NO4. The van der Waals surface area contributed by atoms with E-state index in [1.807, 2.05) is 24.0 Å². The molecule has 120 valence electrons. The maximum atomic E-state index is 12.6. The lowest BCUT2D eigenvalue weighted by Crippen LogP contribution is -2.43. The number of likely N-dealkylation sites (tertiary alicyclic amines) is 1. The first-order valence-electron chi connectivity index (χ1n) is 8.17. The van der Waals surface area contributed by atoms with Gasteiger partial charge in [0.25, 0.3) is 0 Å². The molecule has 0 spiro atoms. The molecule has 1 aromatic rings. The molecular weight excluding hydrogens is 282 g/mol. The Labute approximate surface area is 130 Å². The normalized spacial score (nSPS) is 23.3. The van der Waals surface area contributed by atoms with Gasteiger partial charge in [-0.05, 0) is 37.8 Å². The van der Waals surface area contributed by atoms with Crippen LogP contribution >= 0.6 is 0 Å². The minimum absolute atomic E-state index is 0.0290. The first kappa shape index (κ1) is 15.1. The van der Waals surface area contributed by atoms with Crippen LogP contribution in [0.4, 0.5) is 0 Å². The lowest BCUT2D eigenvalue weighted by atomic mass is 9.66. The second-order valence-corrected chi connectivity index (χ2v) is 6.52. The summed E-state index contributed by atoms with van der Waals surface area (Å²) in [6.07, 6.45) is 4.94. The van der Waals surface area contributed by atoms with Crippen LogP contribution in [-0.2, 0) is 16.0 Å². The number of rotatable bonds is 5. The number of hydrogen-bond acceptors (Lipinski definition) is 3. The van der Waals surface area contributed by atoms with E-state index in [4.69, 9.17) is 4.42 Å². The molecule has 1 aromatic heterocycles. The summed E-state index contributed by atoms with van der Waals surface area (Å²) in [6.45, 7) is 2.73. The van der Waals surface area contributed by atoms with Crippen LogP contribution in [-0.4, -0.2) is 28.4 Å². The molecule has 22 heavy (non-hydrogen) atoms. The molecule has 5 heteroatoms. The van der Waals surface area contributed by atoms with Crippen LogP contribution in [0, 0.1) is 5.41 Å². The molecule has 0 radical (unpaired) electrons. The number of aryl methyl sites for hydroxylation is 1. The number of amides is 1. The molecule has 1 aliphatic heterocycles. The third kappa shape index (κ3) is 2.53. The molecule has 1 unspecified atom stereocenters. The molecule has 1 saturated heterocycles. The van der Waals surface area contributed by atoms with Gasteiger partial charge in [-0.2, -0.15) is 0 Å². The van der Waals surface area contributed by atoms with Crippen LogP contribution in [0.3, 0.4) is 0 Å². The van der Waals surface area contributed by atoms with Gasteiger partial charge in [0.2, 0.25) is 5.91 Å². The average molecular weight is 305 g/mol. The van der Waals surface area contributed by atoms with Gasteiger partial charge in [-0.3, -0.25) is 9.59 Å². The van der Waals surface area contributed by atoms with Gasteiger partial charge in [0, 0.05) is 19.4 Å². The molecule has 2 aliphatic rings. The zero-order valence-corrected chi connectivity index (χ0v) is 13.0. The predicted molar refractivity (Wildman–Crippen MR) is 80.3 cm³/mol. The summed E-state index contributed by atoms with van der Waals surface area (Å²) in [7, 11) is 0. The van der Waals surface area contributed by atoms with Crippen LogP contribution in [0.5, 0.6) is 0 Å². The minimum atomic E-state index is -0.825. The van der Waals surface area contributed by atoms with E-state index >= 15 is 0 Å². The Morgan fingerprint density at radius 3 is 2.68 bits per heavy atom. The van der Waals surface area contributed by atoms with E-state index in [9.17, 15) is 14.7 Å². The van der Waals surface area contributed by atoms with Crippen LogP contribution < -0.4 is 0 Å². The fourth-order valence-corrected chi connectivity index (χ4v) is 3.59. The zero-order chi connectivity index (χ0) is 15.7. The second kappa shape index (κ2) is 5.78. The first-order chi connectivity index (χ1) is 10.6. The third-order valence-electron chi connectivity index (χ3n) is 5.19. The van der Waals surface area contributed by atoms with Crippen molar-refractivity contribution in [2.24, 2.45) is 5.41 Å². The lowest BCUT2D eigenvalue weighted by molar-refractivity contribution is -0.159. The van der Waals surface area contributed by atoms with Crippen LogP contribution in [0.25, 0.3) is 0 Å². The van der Waals surface area contributed by atoms with Crippen LogP contribution in [0.2, 0.25) is 0 Å². The molecule has 1 aliphatic carbocycles. The van der Waals surface area contributed by atoms with E-state index < -0.39 is 11.4 Å². The summed E-state index contributed by atoms with van der Waals surface area (Å²) in [5.74, 6) is 0.893. The fourth-order valence-electron chi connectivity index (χ4n) is 3.59. The third-order valence-corrected chi connectivity index (χ3v) is 5.19. The summed E-state index contributed by atoms with van der Waals surface area (Å²) in [4.78, 5) is 25.9. The van der Waals surface area contributed by atoms with Crippen molar-refractivity contribution in [2.75, 3.05) is 6.54 Å². The highest BCUT2D eigenvalue weighted by molar-refractivity contribution is 5.86. The predicted octanol–water partition coefficient (Wildman–Crippen LogP) is 3.15. The number of carbonyl (C=O) groups excluding carboxylic acids is 1. The standard InChI is InChI=1S/C17H23NO4/c1-2-12-6-7-14(22-12)13-5-3-10-18(13)15(19)11-17(16(20)21)8-4-9-17/h6-7,13H,2-5,8-11H2,1H3,(H,20,21). The zero-order valence-electron chi connectivity index (χ0n) is 13.0. The Morgan fingerprint density at radius 2 is 2.14 bits per heavy atom. The van der Waals surface area contributed by atoms with Crippen molar-refractivity contribution in [1.29, 1.82) is 0 Å². The summed E-state index contributed by atoms with van der Waals surface area (Å²) in [6, 6.07) is 3.88. The highest BCUT2D eigenvalue weighted by atomic mass is 16.4. The van der Waals surface area contributed by atoms with Crippen molar-refractivity contribution in [3.05, 3.63) is 23.7 Å². The van der Waals surface area contributed by atoms with Gasteiger partial charge in [-0.1, -0.05) is 13.3 Å². The smallest absolute Gasteiger partial charge is 0.310 e. The van der Waals surface area contributed by atoms with E-state index in [0.29, 0.717) is 19.4 Å². The van der Waals surface area contributed by atoms with E-state index in [1.54, 1.807) is 0 Å². The number of carboxylic acids is 1. The van der Waals surface area contributed by atoms with Crippen molar-refractivity contribution < 1.29 is 19.1 Å². The Morgan fingerprint density at radius 1 is 1.36 bits per heavy atom. The topological polar surface area (TPSA) is 70.8 Å². The van der Waals surface area contributed by atoms with Gasteiger partial charge in [0.05, 0.1) is 11.5 Å². The second-order valence-electron chi connectivity index (χ2n) is 6.52. The summed E-state index contributed by atoms with van der Waals surface area (Å²) in [5.41, 5.74) is -0.817. The van der Waals surface area contributed by atoms with E-state index in [2.05, 4.69) is 0 Å². The van der Waals surface area contributed by atoms with E-state index in [1.165, 1.54) is 0 Å². The SMILES string of the molecule is CCc1ccc(C2CCCN2C(=O)CC2(C(=O)O)CCC2)o1. The highest BCUT2D eigenvalue weighted by Crippen LogP contribution is 2.45. The summed E-state index contributed by atoms with van der Waals surface area (Å²) >= 11 is 0. The van der Waals surface area contributed by atoms with Gasteiger partial charge in [-0.15, -0.1) is 0 Å². The van der Waals surface area contributed by atoms with Gasteiger partial charge in [-0.25, -0.2) is 0 Å². The van der Waals surface area contributed by atoms with Gasteiger partial charge < -0.3 is 14.4 Å². The molecule has 2 fully saturated rings. The number of furan rings is 1. The number of carboxylic acid groups (broad SMARTS) is 1. The van der Waals surface area contributed by atoms with E-state index in [0.717, 1.165) is 37.2 Å². The van der Waals surface area contributed by atoms with Crippen LogP contribution in [0.1, 0.15) is 63.0 Å². The van der Waals surface area contributed by atoms with Gasteiger partial charge in [0.1, 0.15) is 11.5 Å². The quantitative estimate of drug-likeness (QED) is 0.907. The van der Waals surface area contributed by atoms with Gasteiger partial charge >= 0.3 is 5.97 Å². The fraction of sp³-hybridized carbons (Fsp3) is 0.647. The monoisotopic (exact) mass is 305 g/mol. The number of nitrogens with zero attached hydrogens (tertiary/aromatic N) is 1. The van der Waals surface area contributed by atoms with Crippen molar-refractivity contribution in [2.45, 2.75) is 57.9 Å². The number of aliphatic carboxylic acids is 1. The Kier molecular flexibility index (Phi) is 3.98. The molecule has 3 rings (SSSR count). The summed E-state index contributed by atoms with van der Waals surface area (Å²) < 4.78 is 5.80. The molecule has 1 saturated carbocycles. The number of carbonyl (C=O) groups is 2. The van der Waals surface area contributed by atoms with Crippen molar-refractivity contribution in [3.63, 3.8) is 0 Å². The van der Waals surface area contributed by atoms with Crippen molar-refractivity contribution in [1.82, 2.24) is 4.90 Å². The molecule has 2 heterocycles.